The third-order valence-electron chi connectivity index (χ3n) is 3.63. The number of carbonyl (C=O) groups is 1. The van der Waals surface area contributed by atoms with E-state index >= 15 is 0 Å². The number of rotatable bonds is 8. The number of fused-ring (bicyclic) bond motifs is 1. The SMILES string of the molecule is COC(CN)CC(=O)NCCCc1c[nH]c2ccccc12. The Hall–Kier alpha value is -1.85. The van der Waals surface area contributed by atoms with Gasteiger partial charge in [-0.25, -0.2) is 0 Å². The quantitative estimate of drug-likeness (QED) is 0.645. The van der Waals surface area contributed by atoms with E-state index in [4.69, 9.17) is 10.5 Å². The maximum absolute atomic E-state index is 11.7. The van der Waals surface area contributed by atoms with Gasteiger partial charge in [-0.1, -0.05) is 18.2 Å². The molecule has 0 aliphatic heterocycles. The summed E-state index contributed by atoms with van der Waals surface area (Å²) in [5.74, 6) is -0.00812. The molecule has 5 heteroatoms. The fourth-order valence-electron chi connectivity index (χ4n) is 2.39. The number of H-pyrrole nitrogens is 1. The van der Waals surface area contributed by atoms with Crippen LogP contribution in [0.1, 0.15) is 18.4 Å². The molecule has 1 unspecified atom stereocenters. The number of aromatic nitrogens is 1. The molecule has 2 rings (SSSR count). The number of nitrogens with one attached hydrogen (secondary N) is 2. The molecule has 2 aromatic rings. The molecule has 0 bridgehead atoms. The number of para-hydroxylation sites is 1. The van der Waals surface area contributed by atoms with Gasteiger partial charge in [-0.05, 0) is 24.5 Å². The van der Waals surface area contributed by atoms with Crippen molar-refractivity contribution in [1.29, 1.82) is 0 Å². The number of hydrogen-bond acceptors (Lipinski definition) is 3. The molecular weight excluding hydrogens is 266 g/mol. The van der Waals surface area contributed by atoms with Gasteiger partial charge in [-0.2, -0.15) is 0 Å². The maximum Gasteiger partial charge on any atom is 0.222 e. The summed E-state index contributed by atoms with van der Waals surface area (Å²) >= 11 is 0. The van der Waals surface area contributed by atoms with Gasteiger partial charge in [0.05, 0.1) is 12.5 Å². The van der Waals surface area contributed by atoms with E-state index in [-0.39, 0.29) is 12.0 Å². The number of amides is 1. The van der Waals surface area contributed by atoms with Crippen LogP contribution in [0.2, 0.25) is 0 Å². The van der Waals surface area contributed by atoms with Crippen molar-refractivity contribution in [3.8, 4) is 0 Å². The van der Waals surface area contributed by atoms with Crippen molar-refractivity contribution in [3.63, 3.8) is 0 Å². The molecule has 1 atom stereocenters. The number of ether oxygens (including phenoxy) is 1. The Morgan fingerprint density at radius 2 is 2.24 bits per heavy atom. The molecule has 0 spiro atoms. The first kappa shape index (κ1) is 15.5. The Kier molecular flexibility index (Phi) is 5.78. The summed E-state index contributed by atoms with van der Waals surface area (Å²) < 4.78 is 5.09. The van der Waals surface area contributed by atoms with Crippen molar-refractivity contribution >= 4 is 16.8 Å². The summed E-state index contributed by atoms with van der Waals surface area (Å²) in [6.45, 7) is 1.03. The molecule has 0 saturated carbocycles. The second-order valence-electron chi connectivity index (χ2n) is 5.11. The fraction of sp³-hybridized carbons (Fsp3) is 0.438. The van der Waals surface area contributed by atoms with Crippen LogP contribution >= 0.6 is 0 Å². The largest absolute Gasteiger partial charge is 0.380 e. The monoisotopic (exact) mass is 289 g/mol. The molecule has 0 aliphatic rings. The van der Waals surface area contributed by atoms with E-state index in [1.54, 1.807) is 7.11 Å². The van der Waals surface area contributed by atoms with Crippen molar-refractivity contribution in [2.45, 2.75) is 25.4 Å². The van der Waals surface area contributed by atoms with Crippen LogP contribution in [0.5, 0.6) is 0 Å². The molecule has 21 heavy (non-hydrogen) atoms. The standard InChI is InChI=1S/C16H23N3O2/c1-21-13(10-17)9-16(20)18-8-4-5-12-11-19-15-7-3-2-6-14(12)15/h2-3,6-7,11,13,19H,4-5,8-10,17H2,1H3,(H,18,20). The first-order chi connectivity index (χ1) is 10.2. The van der Waals surface area contributed by atoms with Gasteiger partial charge in [0.15, 0.2) is 0 Å². The van der Waals surface area contributed by atoms with E-state index in [0.717, 1.165) is 18.4 Å². The lowest BCUT2D eigenvalue weighted by Gasteiger charge is -2.12. The highest BCUT2D eigenvalue weighted by Crippen LogP contribution is 2.18. The lowest BCUT2D eigenvalue weighted by molar-refractivity contribution is -0.123. The molecule has 0 aliphatic carbocycles. The van der Waals surface area contributed by atoms with Crippen LogP contribution in [0.25, 0.3) is 10.9 Å². The predicted molar refractivity (Wildman–Crippen MR) is 84.1 cm³/mol. The van der Waals surface area contributed by atoms with E-state index in [2.05, 4.69) is 22.4 Å². The molecule has 1 aromatic carbocycles. The molecule has 1 aromatic heterocycles. The van der Waals surface area contributed by atoms with Crippen molar-refractivity contribution in [1.82, 2.24) is 10.3 Å². The number of benzene rings is 1. The predicted octanol–water partition coefficient (Wildman–Crippen LogP) is 1.58. The molecule has 0 saturated heterocycles. The van der Waals surface area contributed by atoms with Crippen molar-refractivity contribution in [2.24, 2.45) is 5.73 Å². The highest BCUT2D eigenvalue weighted by Gasteiger charge is 2.10. The minimum Gasteiger partial charge on any atom is -0.380 e. The van der Waals surface area contributed by atoms with Gasteiger partial charge in [0.2, 0.25) is 5.91 Å². The first-order valence-electron chi connectivity index (χ1n) is 7.29. The molecule has 4 N–H and O–H groups in total. The molecule has 1 heterocycles. The summed E-state index contributed by atoms with van der Waals surface area (Å²) in [4.78, 5) is 15.0. The normalized spacial score (nSPS) is 12.5. The van der Waals surface area contributed by atoms with Gasteiger partial charge in [0, 0.05) is 37.3 Å². The maximum atomic E-state index is 11.7. The topological polar surface area (TPSA) is 80.1 Å². The molecule has 0 radical (unpaired) electrons. The van der Waals surface area contributed by atoms with Crippen LogP contribution in [0.4, 0.5) is 0 Å². The van der Waals surface area contributed by atoms with Gasteiger partial charge in [0.25, 0.3) is 0 Å². The number of hydrogen-bond donors (Lipinski definition) is 3. The van der Waals surface area contributed by atoms with E-state index in [1.165, 1.54) is 10.9 Å². The highest BCUT2D eigenvalue weighted by atomic mass is 16.5. The summed E-state index contributed by atoms with van der Waals surface area (Å²) in [7, 11) is 1.57. The van der Waals surface area contributed by atoms with Crippen molar-refractivity contribution in [2.75, 3.05) is 20.2 Å². The third-order valence-corrected chi connectivity index (χ3v) is 3.63. The molecular formula is C16H23N3O2. The molecule has 114 valence electrons. The van der Waals surface area contributed by atoms with Gasteiger partial charge >= 0.3 is 0 Å². The van der Waals surface area contributed by atoms with Gasteiger partial charge in [-0.15, -0.1) is 0 Å². The zero-order valence-corrected chi connectivity index (χ0v) is 12.4. The van der Waals surface area contributed by atoms with Gasteiger partial charge in [0.1, 0.15) is 0 Å². The Balaban J connectivity index is 1.73. The number of aromatic amines is 1. The Morgan fingerprint density at radius 1 is 1.43 bits per heavy atom. The third kappa shape index (κ3) is 4.31. The average molecular weight is 289 g/mol. The lowest BCUT2D eigenvalue weighted by Crippen LogP contribution is -2.32. The summed E-state index contributed by atoms with van der Waals surface area (Å²) in [5.41, 5.74) is 7.94. The van der Waals surface area contributed by atoms with Crippen LogP contribution in [0.3, 0.4) is 0 Å². The van der Waals surface area contributed by atoms with Crippen molar-refractivity contribution in [3.05, 3.63) is 36.0 Å². The Morgan fingerprint density at radius 3 is 3.00 bits per heavy atom. The van der Waals surface area contributed by atoms with Crippen molar-refractivity contribution < 1.29 is 9.53 Å². The Labute approximate surface area is 124 Å². The number of methoxy groups -OCH3 is 1. The first-order valence-corrected chi connectivity index (χ1v) is 7.29. The van der Waals surface area contributed by atoms with Gasteiger partial charge in [-0.3, -0.25) is 4.79 Å². The minimum absolute atomic E-state index is 0.00812. The van der Waals surface area contributed by atoms with Crippen LogP contribution in [-0.2, 0) is 16.0 Å². The van der Waals surface area contributed by atoms with Gasteiger partial charge < -0.3 is 20.8 Å². The summed E-state index contributed by atoms with van der Waals surface area (Å²) in [6, 6.07) is 8.24. The molecule has 1 amide bonds. The second kappa shape index (κ2) is 7.81. The number of nitrogens with two attached hydrogens (primary N) is 1. The molecule has 0 fully saturated rings. The Bertz CT molecular complexity index is 576. The summed E-state index contributed by atoms with van der Waals surface area (Å²) in [6.07, 6.45) is 4.02. The average Bonchev–Trinajstić information content (AvgIpc) is 2.92. The second-order valence-corrected chi connectivity index (χ2v) is 5.11. The smallest absolute Gasteiger partial charge is 0.222 e. The molecule has 5 nitrogen and oxygen atoms in total. The fourth-order valence-corrected chi connectivity index (χ4v) is 2.39. The highest BCUT2D eigenvalue weighted by molar-refractivity contribution is 5.83. The zero-order chi connectivity index (χ0) is 15.1. The van der Waals surface area contributed by atoms with E-state index in [9.17, 15) is 4.79 Å². The van der Waals surface area contributed by atoms with E-state index in [1.807, 2.05) is 18.3 Å². The number of carbonyl (C=O) groups excluding carboxylic acids is 1. The van der Waals surface area contributed by atoms with Crippen LogP contribution < -0.4 is 11.1 Å². The lowest BCUT2D eigenvalue weighted by atomic mass is 10.1. The van der Waals surface area contributed by atoms with E-state index in [0.29, 0.717) is 19.5 Å². The minimum atomic E-state index is -0.196. The zero-order valence-electron chi connectivity index (χ0n) is 12.4. The van der Waals surface area contributed by atoms with E-state index < -0.39 is 0 Å². The van der Waals surface area contributed by atoms with Crippen LogP contribution in [0, 0.1) is 0 Å². The number of aryl methyl sites for hydroxylation is 1. The van der Waals surface area contributed by atoms with Crippen LogP contribution in [-0.4, -0.2) is 37.2 Å². The van der Waals surface area contributed by atoms with Crippen LogP contribution in [0.15, 0.2) is 30.5 Å². The summed E-state index contributed by atoms with van der Waals surface area (Å²) in [5, 5.41) is 4.16.